The summed E-state index contributed by atoms with van der Waals surface area (Å²) in [5.41, 5.74) is 8.43. The maximum Gasteiger partial charge on any atom is 0.118 e. The summed E-state index contributed by atoms with van der Waals surface area (Å²) in [6.07, 6.45) is 0.753. The lowest BCUT2D eigenvalue weighted by atomic mass is 10.00. The second kappa shape index (κ2) is 6.42. The molecular weight excluding hydrogens is 326 g/mol. The van der Waals surface area contributed by atoms with Gasteiger partial charge in [0.2, 0.25) is 0 Å². The molecule has 100 valence electrons. The summed E-state index contributed by atoms with van der Waals surface area (Å²) < 4.78 is 6.12. The molecule has 1 unspecified atom stereocenters. The Hall–Kier alpha value is -1.03. The maximum absolute atomic E-state index is 6.25. The van der Waals surface area contributed by atoms with Gasteiger partial charge in [-0.1, -0.05) is 39.7 Å². The maximum atomic E-state index is 6.25. The fraction of sp³-hybridized carbons (Fsp3) is 0.200. The second-order valence-electron chi connectivity index (χ2n) is 4.32. The lowest BCUT2D eigenvalue weighted by Crippen LogP contribution is -2.14. The summed E-state index contributed by atoms with van der Waals surface area (Å²) >= 11 is 9.52. The summed E-state index contributed by atoms with van der Waals surface area (Å²) in [5, 5.41) is 0.698. The standard InChI is InChI=1S/C15H15BrClNO/c1-19-12-5-2-10(3-6-12)8-15(18)13-9-11(17)4-7-14(13)16/h2-7,9,15H,8,18H2,1H3. The molecule has 0 fully saturated rings. The van der Waals surface area contributed by atoms with Crippen molar-refractivity contribution in [3.8, 4) is 5.75 Å². The van der Waals surface area contributed by atoms with Crippen molar-refractivity contribution in [2.75, 3.05) is 7.11 Å². The molecule has 2 aromatic rings. The van der Waals surface area contributed by atoms with Crippen LogP contribution in [0, 0.1) is 0 Å². The van der Waals surface area contributed by atoms with Gasteiger partial charge in [-0.05, 0) is 47.9 Å². The number of nitrogens with two attached hydrogens (primary N) is 1. The smallest absolute Gasteiger partial charge is 0.118 e. The molecule has 0 aliphatic rings. The zero-order chi connectivity index (χ0) is 13.8. The van der Waals surface area contributed by atoms with Crippen molar-refractivity contribution < 1.29 is 4.74 Å². The zero-order valence-electron chi connectivity index (χ0n) is 10.6. The van der Waals surface area contributed by atoms with Gasteiger partial charge < -0.3 is 10.5 Å². The summed E-state index contributed by atoms with van der Waals surface area (Å²) in [7, 11) is 1.66. The van der Waals surface area contributed by atoms with Crippen LogP contribution in [0.4, 0.5) is 0 Å². The van der Waals surface area contributed by atoms with E-state index < -0.39 is 0 Å². The first kappa shape index (κ1) is 14.4. The molecular formula is C15H15BrClNO. The first-order valence-corrected chi connectivity index (χ1v) is 7.10. The predicted octanol–water partition coefficient (Wildman–Crippen LogP) is 4.35. The molecule has 0 heterocycles. The van der Waals surface area contributed by atoms with Crippen LogP contribution in [0.15, 0.2) is 46.9 Å². The molecule has 0 bridgehead atoms. The number of hydrogen-bond acceptors (Lipinski definition) is 2. The van der Waals surface area contributed by atoms with Crippen LogP contribution in [0.3, 0.4) is 0 Å². The lowest BCUT2D eigenvalue weighted by Gasteiger charge is -2.14. The molecule has 2 rings (SSSR count). The van der Waals surface area contributed by atoms with Crippen LogP contribution in [0.5, 0.6) is 5.75 Å². The minimum Gasteiger partial charge on any atom is -0.497 e. The van der Waals surface area contributed by atoms with Crippen LogP contribution in [0.2, 0.25) is 5.02 Å². The van der Waals surface area contributed by atoms with E-state index in [9.17, 15) is 0 Å². The van der Waals surface area contributed by atoms with Crippen LogP contribution < -0.4 is 10.5 Å². The summed E-state index contributed by atoms with van der Waals surface area (Å²) in [6.45, 7) is 0. The fourth-order valence-corrected chi connectivity index (χ4v) is 2.65. The van der Waals surface area contributed by atoms with Gasteiger partial charge in [-0.2, -0.15) is 0 Å². The van der Waals surface area contributed by atoms with E-state index in [0.717, 1.165) is 22.2 Å². The monoisotopic (exact) mass is 339 g/mol. The Bertz CT molecular complexity index is 557. The highest BCUT2D eigenvalue weighted by atomic mass is 79.9. The van der Waals surface area contributed by atoms with Gasteiger partial charge in [0.15, 0.2) is 0 Å². The normalized spacial score (nSPS) is 12.2. The average molecular weight is 341 g/mol. The molecule has 2 aromatic carbocycles. The topological polar surface area (TPSA) is 35.2 Å². The molecule has 2 N–H and O–H groups in total. The predicted molar refractivity (Wildman–Crippen MR) is 82.8 cm³/mol. The Morgan fingerprint density at radius 3 is 2.53 bits per heavy atom. The van der Waals surface area contributed by atoms with Gasteiger partial charge in [0.1, 0.15) is 5.75 Å². The third kappa shape index (κ3) is 3.72. The number of benzene rings is 2. The van der Waals surface area contributed by atoms with Crippen molar-refractivity contribution in [1.82, 2.24) is 0 Å². The summed E-state index contributed by atoms with van der Waals surface area (Å²) in [4.78, 5) is 0. The summed E-state index contributed by atoms with van der Waals surface area (Å²) in [6, 6.07) is 13.5. The Labute approximate surface area is 126 Å². The quantitative estimate of drug-likeness (QED) is 0.898. The molecule has 4 heteroatoms. The molecule has 0 aliphatic carbocycles. The molecule has 0 saturated carbocycles. The van der Waals surface area contributed by atoms with E-state index in [1.165, 1.54) is 5.56 Å². The Balaban J connectivity index is 2.15. The highest BCUT2D eigenvalue weighted by Gasteiger charge is 2.11. The summed E-state index contributed by atoms with van der Waals surface area (Å²) in [5.74, 6) is 0.848. The van der Waals surface area contributed by atoms with E-state index >= 15 is 0 Å². The van der Waals surface area contributed by atoms with Gasteiger partial charge in [-0.3, -0.25) is 0 Å². The minimum atomic E-state index is -0.0959. The highest BCUT2D eigenvalue weighted by Crippen LogP contribution is 2.27. The van der Waals surface area contributed by atoms with E-state index in [1.807, 2.05) is 42.5 Å². The molecule has 0 saturated heterocycles. The van der Waals surface area contributed by atoms with Gasteiger partial charge in [-0.25, -0.2) is 0 Å². The van der Waals surface area contributed by atoms with Crippen LogP contribution >= 0.6 is 27.5 Å². The van der Waals surface area contributed by atoms with Gasteiger partial charge in [0.05, 0.1) is 7.11 Å². The Kier molecular flexibility index (Phi) is 4.86. The van der Waals surface area contributed by atoms with Crippen molar-refractivity contribution in [3.05, 3.63) is 63.1 Å². The first-order chi connectivity index (χ1) is 9.10. The number of methoxy groups -OCH3 is 1. The van der Waals surface area contributed by atoms with Gasteiger partial charge in [0, 0.05) is 15.5 Å². The molecule has 0 amide bonds. The highest BCUT2D eigenvalue weighted by molar-refractivity contribution is 9.10. The van der Waals surface area contributed by atoms with Gasteiger partial charge in [0.25, 0.3) is 0 Å². The molecule has 2 nitrogen and oxygen atoms in total. The molecule has 1 atom stereocenters. The van der Waals surface area contributed by atoms with Gasteiger partial charge in [-0.15, -0.1) is 0 Å². The third-order valence-corrected chi connectivity index (χ3v) is 3.93. The van der Waals surface area contributed by atoms with Crippen LogP contribution in [-0.2, 0) is 6.42 Å². The van der Waals surface area contributed by atoms with Crippen LogP contribution in [0.25, 0.3) is 0 Å². The average Bonchev–Trinajstić information content (AvgIpc) is 2.42. The molecule has 0 spiro atoms. The van der Waals surface area contributed by atoms with E-state index in [-0.39, 0.29) is 6.04 Å². The molecule has 0 aromatic heterocycles. The van der Waals surface area contributed by atoms with Crippen molar-refractivity contribution in [2.45, 2.75) is 12.5 Å². The van der Waals surface area contributed by atoms with E-state index in [4.69, 9.17) is 22.1 Å². The van der Waals surface area contributed by atoms with Crippen molar-refractivity contribution in [2.24, 2.45) is 5.73 Å². The van der Waals surface area contributed by atoms with Crippen LogP contribution in [0.1, 0.15) is 17.2 Å². The first-order valence-electron chi connectivity index (χ1n) is 5.93. The van der Waals surface area contributed by atoms with Crippen molar-refractivity contribution >= 4 is 27.5 Å². The lowest BCUT2D eigenvalue weighted by molar-refractivity contribution is 0.414. The molecule has 0 aliphatic heterocycles. The number of halogens is 2. The number of ether oxygens (including phenoxy) is 1. The second-order valence-corrected chi connectivity index (χ2v) is 5.62. The molecule has 0 radical (unpaired) electrons. The number of hydrogen-bond donors (Lipinski definition) is 1. The molecule has 19 heavy (non-hydrogen) atoms. The largest absolute Gasteiger partial charge is 0.497 e. The Morgan fingerprint density at radius 2 is 1.89 bits per heavy atom. The van der Waals surface area contributed by atoms with Crippen LogP contribution in [-0.4, -0.2) is 7.11 Å². The fourth-order valence-electron chi connectivity index (χ4n) is 1.92. The van der Waals surface area contributed by atoms with E-state index in [0.29, 0.717) is 5.02 Å². The van der Waals surface area contributed by atoms with Crippen molar-refractivity contribution in [1.29, 1.82) is 0 Å². The van der Waals surface area contributed by atoms with Gasteiger partial charge >= 0.3 is 0 Å². The zero-order valence-corrected chi connectivity index (χ0v) is 12.9. The Morgan fingerprint density at radius 1 is 1.21 bits per heavy atom. The van der Waals surface area contributed by atoms with E-state index in [2.05, 4.69) is 15.9 Å². The van der Waals surface area contributed by atoms with E-state index in [1.54, 1.807) is 7.11 Å². The van der Waals surface area contributed by atoms with Crippen molar-refractivity contribution in [3.63, 3.8) is 0 Å². The SMILES string of the molecule is COc1ccc(CC(N)c2cc(Cl)ccc2Br)cc1. The minimum absolute atomic E-state index is 0.0959. The number of rotatable bonds is 4. The third-order valence-electron chi connectivity index (χ3n) is 2.97.